The number of aliphatic hydroxyl groups is 1. The van der Waals surface area contributed by atoms with E-state index in [1.807, 2.05) is 59.2 Å². The third kappa shape index (κ3) is 3.63. The Balaban J connectivity index is 1.54. The number of para-hydroxylation sites is 2. The Bertz CT molecular complexity index is 825. The van der Waals surface area contributed by atoms with Gasteiger partial charge in [0.1, 0.15) is 5.60 Å². The van der Waals surface area contributed by atoms with Crippen LogP contribution in [-0.4, -0.2) is 27.1 Å². The number of carbonyl (C=O) groups excluding carboxylic acids is 1. The van der Waals surface area contributed by atoms with Gasteiger partial charge in [-0.2, -0.15) is 0 Å². The fraction of sp³-hybridized carbons (Fsp3) is 0.263. The van der Waals surface area contributed by atoms with Crippen molar-refractivity contribution in [2.45, 2.75) is 25.5 Å². The molecule has 0 radical (unpaired) electrons. The van der Waals surface area contributed by atoms with Gasteiger partial charge in [-0.15, -0.1) is 0 Å². The Morgan fingerprint density at radius 1 is 1.17 bits per heavy atom. The van der Waals surface area contributed by atoms with Gasteiger partial charge in [0.2, 0.25) is 5.91 Å². The molecule has 3 rings (SSSR count). The largest absolute Gasteiger partial charge is 0.384 e. The quantitative estimate of drug-likeness (QED) is 0.732. The number of nitrogens with zero attached hydrogens (tertiary/aromatic N) is 2. The van der Waals surface area contributed by atoms with Crippen molar-refractivity contribution in [1.29, 1.82) is 0 Å². The lowest BCUT2D eigenvalue weighted by Crippen LogP contribution is -2.38. The van der Waals surface area contributed by atoms with Crippen LogP contribution in [0.25, 0.3) is 11.0 Å². The van der Waals surface area contributed by atoms with Crippen molar-refractivity contribution in [3.8, 4) is 0 Å². The van der Waals surface area contributed by atoms with Crippen LogP contribution in [0.4, 0.5) is 0 Å². The van der Waals surface area contributed by atoms with E-state index < -0.39 is 5.60 Å². The highest BCUT2D eigenvalue weighted by Crippen LogP contribution is 2.19. The van der Waals surface area contributed by atoms with Crippen molar-refractivity contribution in [2.75, 3.05) is 6.54 Å². The minimum atomic E-state index is -1.08. The number of nitrogens with one attached hydrogen (secondary N) is 1. The minimum absolute atomic E-state index is 0.0935. The monoisotopic (exact) mass is 323 g/mol. The number of aryl methyl sites for hydroxylation is 1. The van der Waals surface area contributed by atoms with Gasteiger partial charge in [-0.25, -0.2) is 4.98 Å². The van der Waals surface area contributed by atoms with E-state index in [1.54, 1.807) is 13.3 Å². The summed E-state index contributed by atoms with van der Waals surface area (Å²) in [6, 6.07) is 17.2. The maximum atomic E-state index is 12.1. The number of fused-ring (bicyclic) bond motifs is 1. The second-order valence-electron chi connectivity index (χ2n) is 6.09. The SMILES string of the molecule is CC(O)(CNC(=O)CCn1cnc2ccccc21)c1ccccc1. The van der Waals surface area contributed by atoms with E-state index in [-0.39, 0.29) is 12.5 Å². The van der Waals surface area contributed by atoms with Crippen molar-refractivity contribution in [1.82, 2.24) is 14.9 Å². The van der Waals surface area contributed by atoms with Gasteiger partial charge in [0.05, 0.1) is 23.9 Å². The molecular formula is C19H21N3O2. The number of hydrogen-bond acceptors (Lipinski definition) is 3. The summed E-state index contributed by atoms with van der Waals surface area (Å²) in [5, 5.41) is 13.3. The summed E-state index contributed by atoms with van der Waals surface area (Å²) in [6.45, 7) is 2.44. The highest BCUT2D eigenvalue weighted by molar-refractivity contribution is 5.77. The van der Waals surface area contributed by atoms with Gasteiger partial charge >= 0.3 is 0 Å². The summed E-state index contributed by atoms with van der Waals surface area (Å²) in [5.41, 5.74) is 1.64. The molecule has 0 aliphatic carbocycles. The number of benzene rings is 2. The molecule has 124 valence electrons. The van der Waals surface area contributed by atoms with Gasteiger partial charge in [0, 0.05) is 13.0 Å². The molecule has 0 bridgehead atoms. The van der Waals surface area contributed by atoms with E-state index in [2.05, 4.69) is 10.3 Å². The van der Waals surface area contributed by atoms with Gasteiger partial charge in [-0.3, -0.25) is 4.79 Å². The van der Waals surface area contributed by atoms with Crippen LogP contribution in [0.1, 0.15) is 18.9 Å². The van der Waals surface area contributed by atoms with Gasteiger partial charge < -0.3 is 15.0 Å². The normalized spacial score (nSPS) is 13.6. The Morgan fingerprint density at radius 2 is 1.88 bits per heavy atom. The first-order chi connectivity index (χ1) is 11.6. The van der Waals surface area contributed by atoms with Crippen LogP contribution in [0, 0.1) is 0 Å². The molecule has 5 heteroatoms. The van der Waals surface area contributed by atoms with Crippen LogP contribution in [0.3, 0.4) is 0 Å². The summed E-state index contributed by atoms with van der Waals surface area (Å²) < 4.78 is 1.96. The van der Waals surface area contributed by atoms with Gasteiger partial charge in [-0.05, 0) is 24.6 Å². The lowest BCUT2D eigenvalue weighted by atomic mass is 9.96. The first kappa shape index (κ1) is 16.2. The number of amides is 1. The van der Waals surface area contributed by atoms with Crippen molar-refractivity contribution in [2.24, 2.45) is 0 Å². The van der Waals surface area contributed by atoms with E-state index in [0.29, 0.717) is 13.0 Å². The third-order valence-electron chi connectivity index (χ3n) is 4.13. The average molecular weight is 323 g/mol. The third-order valence-corrected chi connectivity index (χ3v) is 4.13. The highest BCUT2D eigenvalue weighted by atomic mass is 16.3. The molecule has 2 N–H and O–H groups in total. The standard InChI is InChI=1S/C19H21N3O2/c1-19(24,15-7-3-2-4-8-15)13-20-18(23)11-12-22-14-21-16-9-5-6-10-17(16)22/h2-10,14,24H,11-13H2,1H3,(H,20,23). The lowest BCUT2D eigenvalue weighted by Gasteiger charge is -2.24. The Hall–Kier alpha value is -2.66. The summed E-state index contributed by atoms with van der Waals surface area (Å²) in [5.74, 6) is -0.0935. The summed E-state index contributed by atoms with van der Waals surface area (Å²) in [4.78, 5) is 16.4. The highest BCUT2D eigenvalue weighted by Gasteiger charge is 2.23. The number of hydrogen-bond donors (Lipinski definition) is 2. The smallest absolute Gasteiger partial charge is 0.221 e. The minimum Gasteiger partial charge on any atom is -0.384 e. The zero-order valence-corrected chi connectivity index (χ0v) is 13.6. The predicted octanol–water partition coefficient (Wildman–Crippen LogP) is 2.45. The van der Waals surface area contributed by atoms with Crippen molar-refractivity contribution in [3.63, 3.8) is 0 Å². The van der Waals surface area contributed by atoms with Crippen LogP contribution in [-0.2, 0) is 16.9 Å². The molecule has 2 aromatic carbocycles. The van der Waals surface area contributed by atoms with E-state index in [4.69, 9.17) is 0 Å². The molecule has 3 aromatic rings. The predicted molar refractivity (Wildman–Crippen MR) is 93.4 cm³/mol. The van der Waals surface area contributed by atoms with Crippen LogP contribution in [0.5, 0.6) is 0 Å². The van der Waals surface area contributed by atoms with Crippen molar-refractivity contribution >= 4 is 16.9 Å². The molecule has 0 aliphatic rings. The van der Waals surface area contributed by atoms with Crippen LogP contribution < -0.4 is 5.32 Å². The second-order valence-corrected chi connectivity index (χ2v) is 6.09. The molecule has 1 heterocycles. The molecule has 1 aromatic heterocycles. The van der Waals surface area contributed by atoms with Crippen molar-refractivity contribution < 1.29 is 9.90 Å². The lowest BCUT2D eigenvalue weighted by molar-refractivity contribution is -0.122. The molecule has 0 saturated heterocycles. The number of carbonyl (C=O) groups is 1. The first-order valence-electron chi connectivity index (χ1n) is 8.01. The Labute approximate surface area is 141 Å². The van der Waals surface area contributed by atoms with Gasteiger partial charge in [0.15, 0.2) is 0 Å². The van der Waals surface area contributed by atoms with Crippen LogP contribution >= 0.6 is 0 Å². The molecule has 24 heavy (non-hydrogen) atoms. The average Bonchev–Trinajstić information content (AvgIpc) is 3.02. The summed E-state index contributed by atoms with van der Waals surface area (Å²) in [6.07, 6.45) is 2.09. The molecule has 5 nitrogen and oxygen atoms in total. The molecule has 1 unspecified atom stereocenters. The fourth-order valence-corrected chi connectivity index (χ4v) is 2.67. The maximum absolute atomic E-state index is 12.1. The molecule has 1 atom stereocenters. The summed E-state index contributed by atoms with van der Waals surface area (Å²) in [7, 11) is 0. The van der Waals surface area contributed by atoms with E-state index in [0.717, 1.165) is 16.6 Å². The summed E-state index contributed by atoms with van der Waals surface area (Å²) >= 11 is 0. The molecule has 0 spiro atoms. The van der Waals surface area contributed by atoms with Crippen LogP contribution in [0.15, 0.2) is 60.9 Å². The molecule has 0 saturated carbocycles. The van der Waals surface area contributed by atoms with E-state index in [1.165, 1.54) is 0 Å². The molecule has 0 fully saturated rings. The van der Waals surface area contributed by atoms with E-state index in [9.17, 15) is 9.90 Å². The number of imidazole rings is 1. The fourth-order valence-electron chi connectivity index (χ4n) is 2.67. The second kappa shape index (κ2) is 6.84. The van der Waals surface area contributed by atoms with Crippen LogP contribution in [0.2, 0.25) is 0 Å². The van der Waals surface area contributed by atoms with Gasteiger partial charge in [-0.1, -0.05) is 42.5 Å². The number of aromatic nitrogens is 2. The van der Waals surface area contributed by atoms with Crippen molar-refractivity contribution in [3.05, 3.63) is 66.5 Å². The maximum Gasteiger partial charge on any atom is 0.221 e. The first-order valence-corrected chi connectivity index (χ1v) is 8.01. The van der Waals surface area contributed by atoms with E-state index >= 15 is 0 Å². The molecular weight excluding hydrogens is 302 g/mol. The van der Waals surface area contributed by atoms with Gasteiger partial charge in [0.25, 0.3) is 0 Å². The molecule has 1 amide bonds. The topological polar surface area (TPSA) is 67.2 Å². The Morgan fingerprint density at radius 3 is 2.67 bits per heavy atom. The molecule has 0 aliphatic heterocycles. The number of rotatable bonds is 6. The Kier molecular flexibility index (Phi) is 4.62. The zero-order chi connectivity index (χ0) is 17.0. The zero-order valence-electron chi connectivity index (χ0n) is 13.6.